The Bertz CT molecular complexity index is 321. The minimum atomic E-state index is 0.168. The number of allylic oxidation sites excluding steroid dienone is 1. The average molecular weight is 237 g/mol. The van der Waals surface area contributed by atoms with Gasteiger partial charge in [-0.15, -0.1) is 0 Å². The molecule has 2 heteroatoms. The first-order chi connectivity index (χ1) is 7.85. The van der Waals surface area contributed by atoms with Gasteiger partial charge < -0.3 is 0 Å². The van der Waals surface area contributed by atoms with Crippen LogP contribution in [0.3, 0.4) is 0 Å². The summed E-state index contributed by atoms with van der Waals surface area (Å²) in [6.07, 6.45) is 5.05. The molecular formula is C15H27NO. The molecule has 0 bridgehead atoms. The van der Waals surface area contributed by atoms with E-state index in [-0.39, 0.29) is 11.1 Å². The van der Waals surface area contributed by atoms with Crippen LogP contribution in [0.15, 0.2) is 6.08 Å². The van der Waals surface area contributed by atoms with Crippen molar-refractivity contribution in [2.45, 2.75) is 65.0 Å². The lowest BCUT2D eigenvalue weighted by molar-refractivity contribution is -0.0814. The van der Waals surface area contributed by atoms with Gasteiger partial charge in [-0.05, 0) is 52.0 Å². The van der Waals surface area contributed by atoms with Crippen molar-refractivity contribution in [2.24, 2.45) is 11.8 Å². The van der Waals surface area contributed by atoms with Crippen LogP contribution in [0, 0.1) is 11.8 Å². The highest BCUT2D eigenvalue weighted by molar-refractivity contribution is 5.46. The van der Waals surface area contributed by atoms with Crippen LogP contribution >= 0.6 is 0 Å². The van der Waals surface area contributed by atoms with Crippen LogP contribution in [-0.2, 0) is 4.79 Å². The van der Waals surface area contributed by atoms with Crippen molar-refractivity contribution in [1.82, 2.24) is 4.90 Å². The summed E-state index contributed by atoms with van der Waals surface area (Å²) in [5, 5.41) is 0. The molecule has 1 aliphatic heterocycles. The van der Waals surface area contributed by atoms with Gasteiger partial charge in [0.2, 0.25) is 0 Å². The third-order valence-electron chi connectivity index (χ3n) is 5.63. The zero-order valence-electron chi connectivity index (χ0n) is 12.2. The summed E-state index contributed by atoms with van der Waals surface area (Å²) in [7, 11) is 2.24. The Kier molecular flexibility index (Phi) is 4.22. The summed E-state index contributed by atoms with van der Waals surface area (Å²) in [6.45, 7) is 11.4. The summed E-state index contributed by atoms with van der Waals surface area (Å²) in [5.74, 6) is 2.87. The second-order valence-corrected chi connectivity index (χ2v) is 6.06. The van der Waals surface area contributed by atoms with Gasteiger partial charge in [-0.3, -0.25) is 4.90 Å². The molecule has 0 spiro atoms. The molecule has 0 N–H and O–H groups in total. The number of piperidine rings is 1. The van der Waals surface area contributed by atoms with Gasteiger partial charge in [0.1, 0.15) is 5.94 Å². The van der Waals surface area contributed by atoms with E-state index in [0.29, 0.717) is 11.8 Å². The molecule has 0 saturated carbocycles. The first-order valence-electron chi connectivity index (χ1n) is 6.80. The van der Waals surface area contributed by atoms with E-state index in [1.54, 1.807) is 6.08 Å². The molecule has 1 saturated heterocycles. The van der Waals surface area contributed by atoms with Crippen LogP contribution in [0.1, 0.15) is 53.9 Å². The molecule has 4 unspecified atom stereocenters. The topological polar surface area (TPSA) is 20.3 Å². The van der Waals surface area contributed by atoms with Crippen LogP contribution < -0.4 is 0 Å². The minimum Gasteiger partial charge on any atom is -0.295 e. The molecule has 0 aromatic carbocycles. The molecule has 1 aliphatic rings. The predicted molar refractivity (Wildman–Crippen MR) is 72.7 cm³/mol. The molecular weight excluding hydrogens is 210 g/mol. The van der Waals surface area contributed by atoms with Gasteiger partial charge in [-0.2, -0.15) is 0 Å². The summed E-state index contributed by atoms with van der Waals surface area (Å²) in [6, 6.07) is 0. The quantitative estimate of drug-likeness (QED) is 0.702. The second kappa shape index (κ2) is 4.96. The summed E-state index contributed by atoms with van der Waals surface area (Å²) >= 11 is 0. The molecule has 98 valence electrons. The van der Waals surface area contributed by atoms with E-state index in [2.05, 4.69) is 46.6 Å². The lowest BCUT2D eigenvalue weighted by Crippen LogP contribution is -2.64. The molecule has 1 heterocycles. The van der Waals surface area contributed by atoms with E-state index in [4.69, 9.17) is 0 Å². The second-order valence-electron chi connectivity index (χ2n) is 6.06. The SMILES string of the molecule is CCC1(C)CC(C=C=O)C(C)C(C)(CC)N1C. The summed E-state index contributed by atoms with van der Waals surface area (Å²) < 4.78 is 0. The molecule has 0 amide bonds. The maximum absolute atomic E-state index is 10.7. The Morgan fingerprint density at radius 2 is 1.94 bits per heavy atom. The fourth-order valence-corrected chi connectivity index (χ4v) is 3.44. The van der Waals surface area contributed by atoms with E-state index in [1.165, 1.54) is 0 Å². The van der Waals surface area contributed by atoms with Crippen LogP contribution in [0.2, 0.25) is 0 Å². The highest BCUT2D eigenvalue weighted by Gasteiger charge is 2.49. The predicted octanol–water partition coefficient (Wildman–Crippen LogP) is 3.30. The molecule has 0 aromatic rings. The molecule has 1 rings (SSSR count). The lowest BCUT2D eigenvalue weighted by atomic mass is 9.64. The minimum absolute atomic E-state index is 0.168. The van der Waals surface area contributed by atoms with Crippen molar-refractivity contribution in [2.75, 3.05) is 7.05 Å². The van der Waals surface area contributed by atoms with Gasteiger partial charge in [-0.25, -0.2) is 4.79 Å². The Labute approximate surface area is 106 Å². The van der Waals surface area contributed by atoms with Crippen LogP contribution in [0.4, 0.5) is 0 Å². The first-order valence-corrected chi connectivity index (χ1v) is 6.80. The monoisotopic (exact) mass is 237 g/mol. The largest absolute Gasteiger partial charge is 0.295 e. The number of likely N-dealkylation sites (tertiary alicyclic amines) is 1. The van der Waals surface area contributed by atoms with Crippen molar-refractivity contribution < 1.29 is 4.79 Å². The van der Waals surface area contributed by atoms with E-state index < -0.39 is 0 Å². The lowest BCUT2D eigenvalue weighted by Gasteiger charge is -2.59. The Morgan fingerprint density at radius 3 is 2.35 bits per heavy atom. The highest BCUT2D eigenvalue weighted by Crippen LogP contribution is 2.47. The maximum Gasteiger partial charge on any atom is 0.120 e. The number of rotatable bonds is 3. The summed E-state index contributed by atoms with van der Waals surface area (Å²) in [5.41, 5.74) is 0.357. The van der Waals surface area contributed by atoms with Crippen molar-refractivity contribution in [3.05, 3.63) is 6.08 Å². The number of hydrogen-bond donors (Lipinski definition) is 0. The Morgan fingerprint density at radius 1 is 1.35 bits per heavy atom. The zero-order valence-corrected chi connectivity index (χ0v) is 12.2. The highest BCUT2D eigenvalue weighted by atomic mass is 16.1. The number of hydrogen-bond acceptors (Lipinski definition) is 2. The van der Waals surface area contributed by atoms with Gasteiger partial charge in [0.05, 0.1) is 0 Å². The molecule has 0 aliphatic carbocycles. The first kappa shape index (κ1) is 14.5. The average Bonchev–Trinajstić information content (AvgIpc) is 2.33. The molecule has 0 radical (unpaired) electrons. The van der Waals surface area contributed by atoms with Crippen molar-refractivity contribution in [3.63, 3.8) is 0 Å². The smallest absolute Gasteiger partial charge is 0.120 e. The van der Waals surface area contributed by atoms with Gasteiger partial charge >= 0.3 is 0 Å². The molecule has 2 nitrogen and oxygen atoms in total. The Balaban J connectivity index is 3.17. The fraction of sp³-hybridized carbons (Fsp3) is 0.867. The fourth-order valence-electron chi connectivity index (χ4n) is 3.44. The van der Waals surface area contributed by atoms with Gasteiger partial charge in [0, 0.05) is 17.2 Å². The molecule has 4 atom stereocenters. The van der Waals surface area contributed by atoms with Crippen LogP contribution in [0.5, 0.6) is 0 Å². The zero-order chi connectivity index (χ0) is 13.3. The van der Waals surface area contributed by atoms with E-state index >= 15 is 0 Å². The number of nitrogens with zero attached hydrogens (tertiary/aromatic N) is 1. The molecule has 0 aromatic heterocycles. The standard InChI is InChI=1S/C15H27NO/c1-7-14(4)11-13(9-10-17)12(3)15(5,8-2)16(14)6/h9,12-13H,7-8,11H2,1-6H3. The Hall–Kier alpha value is -0.590. The summed E-state index contributed by atoms with van der Waals surface area (Å²) in [4.78, 5) is 13.2. The van der Waals surface area contributed by atoms with E-state index in [1.807, 2.05) is 5.94 Å². The van der Waals surface area contributed by atoms with Crippen LogP contribution in [0.25, 0.3) is 0 Å². The third-order valence-corrected chi connectivity index (χ3v) is 5.63. The van der Waals surface area contributed by atoms with Crippen molar-refractivity contribution >= 4 is 5.94 Å². The van der Waals surface area contributed by atoms with Gasteiger partial charge in [0.25, 0.3) is 0 Å². The van der Waals surface area contributed by atoms with Crippen molar-refractivity contribution in [3.8, 4) is 0 Å². The van der Waals surface area contributed by atoms with Crippen molar-refractivity contribution in [1.29, 1.82) is 0 Å². The maximum atomic E-state index is 10.7. The van der Waals surface area contributed by atoms with Crippen LogP contribution in [-0.4, -0.2) is 29.0 Å². The van der Waals surface area contributed by atoms with E-state index in [9.17, 15) is 4.79 Å². The normalized spacial score (nSPS) is 43.2. The van der Waals surface area contributed by atoms with E-state index in [0.717, 1.165) is 19.3 Å². The molecule has 1 fully saturated rings. The van der Waals surface area contributed by atoms with Gasteiger partial charge in [0.15, 0.2) is 0 Å². The third kappa shape index (κ3) is 2.21. The number of carbonyl (C=O) groups excluding carboxylic acids is 1. The van der Waals surface area contributed by atoms with Gasteiger partial charge in [-0.1, -0.05) is 20.8 Å². The molecule has 17 heavy (non-hydrogen) atoms.